The van der Waals surface area contributed by atoms with Crippen LogP contribution in [-0.2, 0) is 6.42 Å². The van der Waals surface area contributed by atoms with E-state index in [0.29, 0.717) is 6.04 Å². The summed E-state index contributed by atoms with van der Waals surface area (Å²) >= 11 is 1.94. The number of piperazine rings is 1. The van der Waals surface area contributed by atoms with Crippen molar-refractivity contribution < 1.29 is 0 Å². The molecule has 2 heterocycles. The molecule has 1 unspecified atom stereocenters. The Kier molecular flexibility index (Phi) is 6.02. The first-order valence-electron chi connectivity index (χ1n) is 7.89. The van der Waals surface area contributed by atoms with Crippen molar-refractivity contribution in [2.24, 2.45) is 11.7 Å². The molecule has 1 aromatic heterocycles. The molecule has 3 nitrogen and oxygen atoms in total. The molecule has 1 aliphatic rings. The van der Waals surface area contributed by atoms with E-state index in [4.69, 9.17) is 5.73 Å². The van der Waals surface area contributed by atoms with Gasteiger partial charge in [-0.05, 0) is 24.5 Å². The molecule has 0 saturated carbocycles. The van der Waals surface area contributed by atoms with Gasteiger partial charge < -0.3 is 10.6 Å². The maximum Gasteiger partial charge on any atom is 0.0565 e. The fourth-order valence-electron chi connectivity index (χ4n) is 2.98. The Bertz CT molecular complexity index is 394. The first-order chi connectivity index (χ1) is 9.63. The maximum atomic E-state index is 6.05. The average Bonchev–Trinajstić information content (AvgIpc) is 2.90. The van der Waals surface area contributed by atoms with Crippen LogP contribution in [0.4, 0.5) is 0 Å². The zero-order chi connectivity index (χ0) is 14.5. The Morgan fingerprint density at radius 3 is 2.40 bits per heavy atom. The maximum absolute atomic E-state index is 6.05. The molecule has 1 saturated heterocycles. The predicted octanol–water partition coefficient (Wildman–Crippen LogP) is 2.58. The van der Waals surface area contributed by atoms with E-state index in [1.807, 2.05) is 11.3 Å². The van der Waals surface area contributed by atoms with Gasteiger partial charge in [-0.2, -0.15) is 0 Å². The van der Waals surface area contributed by atoms with E-state index in [2.05, 4.69) is 42.7 Å². The highest BCUT2D eigenvalue weighted by atomic mass is 32.1. The molecule has 1 aliphatic heterocycles. The van der Waals surface area contributed by atoms with Gasteiger partial charge in [0.25, 0.3) is 0 Å². The smallest absolute Gasteiger partial charge is 0.0565 e. The number of thiophene rings is 1. The minimum Gasteiger partial charge on any atom is -0.329 e. The van der Waals surface area contributed by atoms with E-state index >= 15 is 0 Å². The Morgan fingerprint density at radius 2 is 1.90 bits per heavy atom. The number of hydrogen-bond acceptors (Lipinski definition) is 4. The van der Waals surface area contributed by atoms with Crippen LogP contribution < -0.4 is 5.73 Å². The van der Waals surface area contributed by atoms with Gasteiger partial charge in [0.15, 0.2) is 0 Å². The van der Waals surface area contributed by atoms with Gasteiger partial charge in [0.2, 0.25) is 0 Å². The third-order valence-corrected chi connectivity index (χ3v) is 5.38. The van der Waals surface area contributed by atoms with Crippen LogP contribution in [0, 0.1) is 5.92 Å². The number of rotatable bonds is 6. The number of nitrogens with zero attached hydrogens (tertiary/aromatic N) is 2. The van der Waals surface area contributed by atoms with Crippen LogP contribution in [0.1, 0.15) is 36.6 Å². The van der Waals surface area contributed by atoms with Crippen LogP contribution >= 0.6 is 11.3 Å². The minimum atomic E-state index is 0.418. The van der Waals surface area contributed by atoms with Crippen LogP contribution in [0.15, 0.2) is 12.1 Å². The highest BCUT2D eigenvalue weighted by Crippen LogP contribution is 2.28. The zero-order valence-corrected chi connectivity index (χ0v) is 14.0. The van der Waals surface area contributed by atoms with E-state index in [-0.39, 0.29) is 0 Å². The second kappa shape index (κ2) is 7.55. The standard InChI is InChI=1S/C16H29N3S/c1-4-14-5-6-16(20-14)15(11-17)19-9-7-18(8-10-19)12-13(2)3/h5-6,13,15H,4,7-12,17H2,1-3H3. The van der Waals surface area contributed by atoms with Crippen molar-refractivity contribution in [3.8, 4) is 0 Å². The highest BCUT2D eigenvalue weighted by Gasteiger charge is 2.25. The fourth-order valence-corrected chi connectivity index (χ4v) is 4.08. The third-order valence-electron chi connectivity index (χ3n) is 4.05. The highest BCUT2D eigenvalue weighted by molar-refractivity contribution is 7.12. The van der Waals surface area contributed by atoms with Crippen molar-refractivity contribution in [1.82, 2.24) is 9.80 Å². The molecule has 0 bridgehead atoms. The van der Waals surface area contributed by atoms with Crippen molar-refractivity contribution in [1.29, 1.82) is 0 Å². The van der Waals surface area contributed by atoms with Crippen LogP contribution in [0.3, 0.4) is 0 Å². The second-order valence-corrected chi connectivity index (χ2v) is 7.34. The molecule has 4 heteroatoms. The SMILES string of the molecule is CCc1ccc(C(CN)N2CCN(CC(C)C)CC2)s1. The number of nitrogens with two attached hydrogens (primary N) is 1. The zero-order valence-electron chi connectivity index (χ0n) is 13.1. The summed E-state index contributed by atoms with van der Waals surface area (Å²) < 4.78 is 0. The molecule has 0 aliphatic carbocycles. The van der Waals surface area contributed by atoms with E-state index in [1.165, 1.54) is 29.4 Å². The van der Waals surface area contributed by atoms with E-state index < -0.39 is 0 Å². The summed E-state index contributed by atoms with van der Waals surface area (Å²) in [5.41, 5.74) is 6.05. The summed E-state index contributed by atoms with van der Waals surface area (Å²) in [6.07, 6.45) is 1.13. The van der Waals surface area contributed by atoms with Crippen LogP contribution in [0.2, 0.25) is 0 Å². The van der Waals surface area contributed by atoms with E-state index in [1.54, 1.807) is 0 Å². The minimum absolute atomic E-state index is 0.418. The molecule has 20 heavy (non-hydrogen) atoms. The molecule has 0 radical (unpaired) electrons. The normalized spacial score (nSPS) is 19.6. The molecule has 1 atom stereocenters. The summed E-state index contributed by atoms with van der Waals surface area (Å²) in [5, 5.41) is 0. The van der Waals surface area contributed by atoms with E-state index in [0.717, 1.165) is 32.0 Å². The monoisotopic (exact) mass is 295 g/mol. The first-order valence-corrected chi connectivity index (χ1v) is 8.70. The van der Waals surface area contributed by atoms with Crippen LogP contribution in [0.5, 0.6) is 0 Å². The fraction of sp³-hybridized carbons (Fsp3) is 0.750. The topological polar surface area (TPSA) is 32.5 Å². The van der Waals surface area contributed by atoms with Crippen molar-refractivity contribution >= 4 is 11.3 Å². The molecule has 2 N–H and O–H groups in total. The van der Waals surface area contributed by atoms with Gasteiger partial charge in [-0.25, -0.2) is 0 Å². The summed E-state index contributed by atoms with van der Waals surface area (Å²) in [4.78, 5) is 8.07. The van der Waals surface area contributed by atoms with E-state index in [9.17, 15) is 0 Å². The van der Waals surface area contributed by atoms with Crippen molar-refractivity contribution in [2.45, 2.75) is 33.2 Å². The molecule has 2 rings (SSSR count). The van der Waals surface area contributed by atoms with Gasteiger partial charge in [0.1, 0.15) is 0 Å². The molecule has 0 aromatic carbocycles. The molecule has 1 fully saturated rings. The predicted molar refractivity (Wildman–Crippen MR) is 88.3 cm³/mol. The summed E-state index contributed by atoms with van der Waals surface area (Å²) in [7, 11) is 0. The molecule has 0 spiro atoms. The van der Waals surface area contributed by atoms with Crippen molar-refractivity contribution in [3.63, 3.8) is 0 Å². The van der Waals surface area contributed by atoms with Crippen molar-refractivity contribution in [3.05, 3.63) is 21.9 Å². The quantitative estimate of drug-likeness (QED) is 0.875. The molecule has 0 amide bonds. The second-order valence-electron chi connectivity index (χ2n) is 6.14. The lowest BCUT2D eigenvalue weighted by Gasteiger charge is -2.39. The number of hydrogen-bond donors (Lipinski definition) is 1. The molecular weight excluding hydrogens is 266 g/mol. The van der Waals surface area contributed by atoms with Gasteiger partial charge in [-0.15, -0.1) is 11.3 Å². The number of aryl methyl sites for hydroxylation is 1. The summed E-state index contributed by atoms with van der Waals surface area (Å²) in [6.45, 7) is 13.4. The summed E-state index contributed by atoms with van der Waals surface area (Å²) in [5.74, 6) is 0.760. The Balaban J connectivity index is 1.93. The van der Waals surface area contributed by atoms with Gasteiger partial charge in [-0.3, -0.25) is 4.90 Å². The lowest BCUT2D eigenvalue weighted by molar-refractivity contribution is 0.0924. The molecular formula is C16H29N3S. The third kappa shape index (κ3) is 4.04. The van der Waals surface area contributed by atoms with Gasteiger partial charge in [0, 0.05) is 49.0 Å². The summed E-state index contributed by atoms with van der Waals surface area (Å²) in [6, 6.07) is 4.96. The van der Waals surface area contributed by atoms with Gasteiger partial charge in [0.05, 0.1) is 6.04 Å². The van der Waals surface area contributed by atoms with Gasteiger partial charge in [-0.1, -0.05) is 20.8 Å². The van der Waals surface area contributed by atoms with Crippen LogP contribution in [0.25, 0.3) is 0 Å². The van der Waals surface area contributed by atoms with Crippen molar-refractivity contribution in [2.75, 3.05) is 39.3 Å². The van der Waals surface area contributed by atoms with Crippen LogP contribution in [-0.4, -0.2) is 49.1 Å². The Hall–Kier alpha value is -0.420. The molecule has 1 aromatic rings. The van der Waals surface area contributed by atoms with Gasteiger partial charge >= 0.3 is 0 Å². The molecule has 114 valence electrons. The Morgan fingerprint density at radius 1 is 1.20 bits per heavy atom. The average molecular weight is 295 g/mol. The first kappa shape index (κ1) is 16.0. The Labute approximate surface area is 127 Å². The largest absolute Gasteiger partial charge is 0.329 e. The lowest BCUT2D eigenvalue weighted by atomic mass is 10.1. The lowest BCUT2D eigenvalue weighted by Crippen LogP contribution is -2.49.